The highest BCUT2D eigenvalue weighted by Gasteiger charge is 2.42. The molecule has 0 unspecified atom stereocenters. The van der Waals surface area contributed by atoms with Crippen LogP contribution in [0, 0.1) is 0 Å². The number of amides is 7. The fourth-order valence-electron chi connectivity index (χ4n) is 9.28. The van der Waals surface area contributed by atoms with Crippen LogP contribution in [0.1, 0.15) is 129 Å². The number of aliphatic carboxylic acids is 2. The average molecular weight is 1150 g/mol. The number of azide groups is 1. The number of carboxylic acid groups (broad SMARTS) is 2. The van der Waals surface area contributed by atoms with Crippen LogP contribution in [-0.2, 0) is 30.5 Å². The number of carbonyl (C=O) groups excluding carboxylic acids is 6. The van der Waals surface area contributed by atoms with Crippen LogP contribution < -0.4 is 53.2 Å². The van der Waals surface area contributed by atoms with Gasteiger partial charge in [-0.25, -0.2) is 19.6 Å². The van der Waals surface area contributed by atoms with Crippen LogP contribution in [0.25, 0.3) is 21.6 Å². The van der Waals surface area contributed by atoms with Gasteiger partial charge in [0, 0.05) is 90.9 Å². The lowest BCUT2D eigenvalue weighted by Gasteiger charge is -2.20. The summed E-state index contributed by atoms with van der Waals surface area (Å²) < 4.78 is 0. The number of rotatable bonds is 36. The normalized spacial score (nSPS) is 15.8. The number of hydrogen-bond donors (Lipinski definition) is 11. The molecule has 6 rings (SSSR count). The molecule has 0 bridgehead atoms. The number of hydrogen-bond acceptors (Lipinski definition) is 17. The maximum absolute atomic E-state index is 13.5. The summed E-state index contributed by atoms with van der Waals surface area (Å²) in [5.74, 6) is -2.49. The summed E-state index contributed by atoms with van der Waals surface area (Å²) in [6.07, 6.45) is 9.75. The fraction of sp³-hybridized carbons (Fsp3) is 0.519. The third kappa shape index (κ3) is 20.5. The Morgan fingerprint density at radius 1 is 0.756 bits per heavy atom. The molecule has 0 saturated carbocycles. The van der Waals surface area contributed by atoms with E-state index in [9.17, 15) is 43.5 Å². The Labute approximate surface area is 478 Å². The first-order chi connectivity index (χ1) is 39.6. The number of nitrogens with two attached hydrogens (primary N) is 1. The molecule has 4 aromatic rings. The SMILES string of the molecule is CN(Cc1cnc2nc(NCCCNC(=O)[C@H](CCCCNC(=O)CCCCCNC(=O)CCCC[C@@H]3SC[C@@H]4NC(=O)N[C@@H]43)NC(=O)c3ccc(N=[N+]=[N-])cc3)nc(N)c2n1)c1ccc(C(=O)N[C@H](CCCCC(=O)O)C(=O)O)cc1. The third-order valence-corrected chi connectivity index (χ3v) is 15.3. The molecule has 2 aromatic heterocycles. The molecule has 2 aliphatic heterocycles. The van der Waals surface area contributed by atoms with Gasteiger partial charge in [0.25, 0.3) is 11.8 Å². The number of carbonyl (C=O) groups is 8. The first-order valence-corrected chi connectivity index (χ1v) is 28.7. The second-order valence-corrected chi connectivity index (χ2v) is 21.4. The highest BCUT2D eigenvalue weighted by atomic mass is 32.2. The number of nitrogen functional groups attached to an aromatic ring is 1. The van der Waals surface area contributed by atoms with Crippen LogP contribution in [0.5, 0.6) is 0 Å². The van der Waals surface area contributed by atoms with E-state index in [4.69, 9.17) is 16.4 Å². The van der Waals surface area contributed by atoms with Gasteiger partial charge in [0.15, 0.2) is 17.0 Å². The maximum Gasteiger partial charge on any atom is 0.326 e. The van der Waals surface area contributed by atoms with Crippen molar-refractivity contribution in [2.75, 3.05) is 54.9 Å². The Hall–Kier alpha value is -8.52. The fourth-order valence-corrected chi connectivity index (χ4v) is 10.8. The van der Waals surface area contributed by atoms with E-state index in [2.05, 4.69) is 72.5 Å². The zero-order chi connectivity index (χ0) is 58.8. The van der Waals surface area contributed by atoms with Crippen LogP contribution in [0.4, 0.5) is 27.9 Å². The molecular weight excluding hydrogens is 1080 g/mol. The van der Waals surface area contributed by atoms with Crippen LogP contribution in [0.3, 0.4) is 0 Å². The molecule has 27 nitrogen and oxygen atoms in total. The summed E-state index contributed by atoms with van der Waals surface area (Å²) >= 11 is 1.87. The van der Waals surface area contributed by atoms with Crippen molar-refractivity contribution in [2.45, 2.75) is 139 Å². The number of fused-ring (bicyclic) bond motifs is 2. The lowest BCUT2D eigenvalue weighted by Crippen LogP contribution is -2.47. The number of nitrogens with zero attached hydrogens (tertiary/aromatic N) is 8. The Morgan fingerprint density at radius 3 is 2.06 bits per heavy atom. The Morgan fingerprint density at radius 2 is 1.38 bits per heavy atom. The molecule has 2 saturated heterocycles. The van der Waals surface area contributed by atoms with Gasteiger partial charge < -0.3 is 63.4 Å². The molecule has 4 heterocycles. The molecule has 2 fully saturated rings. The van der Waals surface area contributed by atoms with Gasteiger partial charge in [-0.1, -0.05) is 36.5 Å². The van der Waals surface area contributed by atoms with E-state index < -0.39 is 41.7 Å². The highest BCUT2D eigenvalue weighted by Crippen LogP contribution is 2.33. The second kappa shape index (κ2) is 32.7. The maximum atomic E-state index is 13.5. The molecular formula is C54H73N17O10S. The third-order valence-electron chi connectivity index (χ3n) is 13.8. The van der Waals surface area contributed by atoms with Crippen molar-refractivity contribution in [3.8, 4) is 0 Å². The van der Waals surface area contributed by atoms with Crippen molar-refractivity contribution < 1.29 is 48.6 Å². The number of thioether (sulfide) groups is 1. The molecule has 0 radical (unpaired) electrons. The number of benzene rings is 2. The van der Waals surface area contributed by atoms with Gasteiger partial charge in [0.2, 0.25) is 23.7 Å². The first kappa shape index (κ1) is 62.7. The topological polar surface area (TPSA) is 403 Å². The van der Waals surface area contributed by atoms with E-state index >= 15 is 0 Å². The minimum Gasteiger partial charge on any atom is -0.481 e. The van der Waals surface area contributed by atoms with Crippen molar-refractivity contribution in [2.24, 2.45) is 5.11 Å². The van der Waals surface area contributed by atoms with Crippen LogP contribution in [0.15, 0.2) is 59.8 Å². The van der Waals surface area contributed by atoms with Gasteiger partial charge in [0.1, 0.15) is 12.1 Å². The second-order valence-electron chi connectivity index (χ2n) is 20.1. The minimum absolute atomic E-state index is 0.0219. The molecule has 2 aliphatic rings. The number of nitrogens with one attached hydrogen (secondary N) is 8. The molecule has 82 heavy (non-hydrogen) atoms. The van der Waals surface area contributed by atoms with E-state index in [0.717, 1.165) is 43.5 Å². The van der Waals surface area contributed by atoms with E-state index in [1.165, 1.54) is 24.3 Å². The Bertz CT molecular complexity index is 2900. The van der Waals surface area contributed by atoms with Gasteiger partial charge >= 0.3 is 18.0 Å². The van der Waals surface area contributed by atoms with Gasteiger partial charge in [-0.2, -0.15) is 21.7 Å². The predicted octanol–water partition coefficient (Wildman–Crippen LogP) is 4.81. The van der Waals surface area contributed by atoms with Gasteiger partial charge in [0.05, 0.1) is 30.5 Å². The number of anilines is 3. The first-order valence-electron chi connectivity index (χ1n) is 27.6. The summed E-state index contributed by atoms with van der Waals surface area (Å²) in [6.45, 7) is 1.82. The summed E-state index contributed by atoms with van der Waals surface area (Å²) in [7, 11) is 1.81. The molecule has 440 valence electrons. The molecule has 0 aliphatic carbocycles. The van der Waals surface area contributed by atoms with Crippen molar-refractivity contribution >= 4 is 93.6 Å². The number of unbranched alkanes of at least 4 members (excludes halogenated alkanes) is 5. The zero-order valence-electron chi connectivity index (χ0n) is 45.9. The van der Waals surface area contributed by atoms with Crippen molar-refractivity contribution in [1.82, 2.24) is 57.2 Å². The van der Waals surface area contributed by atoms with Crippen LogP contribution in [-0.4, -0.2) is 146 Å². The number of urea groups is 1. The molecule has 5 atom stereocenters. The Balaban J connectivity index is 0.877. The average Bonchev–Trinajstić information content (AvgIpc) is 4.14. The highest BCUT2D eigenvalue weighted by molar-refractivity contribution is 8.00. The quantitative estimate of drug-likeness (QED) is 0.00956. The minimum atomic E-state index is -1.21. The monoisotopic (exact) mass is 1150 g/mol. The lowest BCUT2D eigenvalue weighted by molar-refractivity contribution is -0.139. The van der Waals surface area contributed by atoms with Crippen molar-refractivity contribution in [3.05, 3.63) is 82.0 Å². The van der Waals surface area contributed by atoms with Gasteiger partial charge in [-0.05, 0) is 106 Å². The van der Waals surface area contributed by atoms with Crippen LogP contribution >= 0.6 is 11.8 Å². The van der Waals surface area contributed by atoms with E-state index in [1.807, 2.05) is 23.7 Å². The smallest absolute Gasteiger partial charge is 0.326 e. The van der Waals surface area contributed by atoms with Gasteiger partial charge in [-0.3, -0.25) is 28.8 Å². The summed E-state index contributed by atoms with van der Waals surface area (Å²) in [4.78, 5) is 121. The van der Waals surface area contributed by atoms with E-state index in [-0.39, 0.29) is 83.4 Å². The van der Waals surface area contributed by atoms with Gasteiger partial charge in [-0.15, -0.1) is 0 Å². The summed E-state index contributed by atoms with van der Waals surface area (Å²) in [5.41, 5.74) is 17.7. The number of carboxylic acids is 2. The van der Waals surface area contributed by atoms with Crippen LogP contribution in [0.2, 0.25) is 0 Å². The largest absolute Gasteiger partial charge is 0.481 e. The summed E-state index contributed by atoms with van der Waals surface area (Å²) in [6, 6.07) is 10.8. The molecule has 28 heteroatoms. The standard InChI is InChI=1S/C54H73N17O10S/c1-71(37-24-20-34(21-25-37)50(77)64-39(52(79)80)13-4-7-17-44(74)75)31-36-30-61-48-46(62-36)47(55)67-53(68-48)60-29-11-28-59-51(78)38(63-49(76)33-18-22-35(23-19-33)69-70-56)12-8-10-27-58-42(72)15-3-2-9-26-57-43(73)16-6-5-14-41-45-40(32-82-41)65-54(81)66-45/h18-25,30,38-41,45H,2-17,26-29,31-32H2,1H3,(H,57,73)(H,58,72)(H,59,78)(H,63,76)(H,64,77)(H,74,75)(H,79,80)(H2,65,66,81)(H3,55,60,61,67,68)/t38-,39+,40-,41-,45-/m0/s1. The Kier molecular flexibility index (Phi) is 25.0. The number of aromatic nitrogens is 4. The lowest BCUT2D eigenvalue weighted by atomic mass is 10.0. The van der Waals surface area contributed by atoms with E-state index in [0.29, 0.717) is 101 Å². The van der Waals surface area contributed by atoms with Crippen molar-refractivity contribution in [1.29, 1.82) is 0 Å². The molecule has 12 N–H and O–H groups in total. The predicted molar refractivity (Wildman–Crippen MR) is 308 cm³/mol. The molecule has 7 amide bonds. The zero-order valence-corrected chi connectivity index (χ0v) is 46.7. The molecule has 2 aromatic carbocycles. The van der Waals surface area contributed by atoms with Crippen molar-refractivity contribution in [3.63, 3.8) is 0 Å². The molecule has 0 spiro atoms. The summed E-state index contributed by atoms with van der Waals surface area (Å²) in [5, 5.41) is 45.4. The van der Waals surface area contributed by atoms with E-state index in [1.54, 1.807) is 30.5 Å².